The third-order valence-corrected chi connectivity index (χ3v) is 7.21. The molecule has 5 heteroatoms. The predicted octanol–water partition coefficient (Wildman–Crippen LogP) is 3.95. The number of aliphatic imine (C=N–C) groups is 1. The van der Waals surface area contributed by atoms with Crippen LogP contribution < -0.4 is 0 Å². The summed E-state index contributed by atoms with van der Waals surface area (Å²) >= 11 is 0. The van der Waals surface area contributed by atoms with Crippen LogP contribution in [0.4, 0.5) is 0 Å². The fourth-order valence-corrected chi connectivity index (χ4v) is 5.70. The number of aryl methyl sites for hydroxylation is 1. The molecule has 0 radical (unpaired) electrons. The van der Waals surface area contributed by atoms with Gasteiger partial charge in [-0.05, 0) is 37.5 Å². The molecular formula is C21H24N2O2S. The molecular weight excluding hydrogens is 344 g/mol. The van der Waals surface area contributed by atoms with Crippen molar-refractivity contribution >= 4 is 15.9 Å². The first-order chi connectivity index (χ1) is 12.6. The smallest absolute Gasteiger partial charge is 0.265 e. The molecule has 0 aromatic heterocycles. The Morgan fingerprint density at radius 1 is 1.00 bits per heavy atom. The summed E-state index contributed by atoms with van der Waals surface area (Å²) in [6.07, 6.45) is 4.61. The summed E-state index contributed by atoms with van der Waals surface area (Å²) in [6, 6.07) is 17.2. The molecule has 2 unspecified atom stereocenters. The van der Waals surface area contributed by atoms with E-state index in [1.807, 2.05) is 49.4 Å². The van der Waals surface area contributed by atoms with Crippen molar-refractivity contribution in [2.24, 2.45) is 4.99 Å². The van der Waals surface area contributed by atoms with E-state index in [2.05, 4.69) is 0 Å². The molecule has 4 rings (SSSR count). The summed E-state index contributed by atoms with van der Waals surface area (Å²) in [6.45, 7) is 1.96. The zero-order chi connectivity index (χ0) is 18.1. The van der Waals surface area contributed by atoms with Crippen molar-refractivity contribution in [1.29, 1.82) is 0 Å². The SMILES string of the molecule is Cc1ccc(S(=O)(=O)N2C(Cc3ccccc3)=NC3CCCCC32)cc1. The van der Waals surface area contributed by atoms with Crippen LogP contribution >= 0.6 is 0 Å². The van der Waals surface area contributed by atoms with Crippen molar-refractivity contribution < 1.29 is 8.42 Å². The topological polar surface area (TPSA) is 49.7 Å². The molecule has 26 heavy (non-hydrogen) atoms. The Balaban J connectivity index is 1.72. The zero-order valence-electron chi connectivity index (χ0n) is 15.0. The maximum absolute atomic E-state index is 13.4. The predicted molar refractivity (Wildman–Crippen MR) is 104 cm³/mol. The van der Waals surface area contributed by atoms with Gasteiger partial charge in [0.25, 0.3) is 10.0 Å². The molecule has 0 amide bonds. The van der Waals surface area contributed by atoms with Crippen LogP contribution in [0.1, 0.15) is 36.8 Å². The van der Waals surface area contributed by atoms with E-state index in [0.717, 1.165) is 36.8 Å². The Hall–Kier alpha value is -2.14. The van der Waals surface area contributed by atoms with Crippen molar-refractivity contribution in [2.45, 2.75) is 56.0 Å². The van der Waals surface area contributed by atoms with Gasteiger partial charge in [-0.1, -0.05) is 60.9 Å². The fraction of sp³-hybridized carbons (Fsp3) is 0.381. The van der Waals surface area contributed by atoms with Crippen molar-refractivity contribution in [1.82, 2.24) is 4.31 Å². The second kappa shape index (κ2) is 6.88. The molecule has 2 aromatic rings. The van der Waals surface area contributed by atoms with E-state index in [1.54, 1.807) is 16.4 Å². The number of benzene rings is 2. The lowest BCUT2D eigenvalue weighted by molar-refractivity contribution is 0.314. The lowest BCUT2D eigenvalue weighted by Crippen LogP contribution is -2.45. The van der Waals surface area contributed by atoms with Crippen LogP contribution in [-0.4, -0.2) is 30.6 Å². The van der Waals surface area contributed by atoms with Crippen LogP contribution in [0.5, 0.6) is 0 Å². The molecule has 0 bridgehead atoms. The van der Waals surface area contributed by atoms with Gasteiger partial charge in [-0.15, -0.1) is 0 Å². The first-order valence-electron chi connectivity index (χ1n) is 9.27. The lowest BCUT2D eigenvalue weighted by atomic mass is 9.92. The van der Waals surface area contributed by atoms with Crippen molar-refractivity contribution in [2.75, 3.05) is 0 Å². The monoisotopic (exact) mass is 368 g/mol. The molecule has 1 saturated carbocycles. The normalized spacial score (nSPS) is 22.8. The third-order valence-electron chi connectivity index (χ3n) is 5.35. The van der Waals surface area contributed by atoms with E-state index in [-0.39, 0.29) is 12.1 Å². The highest BCUT2D eigenvalue weighted by Gasteiger charge is 2.44. The van der Waals surface area contributed by atoms with Crippen molar-refractivity contribution in [3.8, 4) is 0 Å². The molecule has 0 spiro atoms. The van der Waals surface area contributed by atoms with E-state index in [1.165, 1.54) is 0 Å². The number of nitrogens with zero attached hydrogens (tertiary/aromatic N) is 2. The second-order valence-electron chi connectivity index (χ2n) is 7.24. The highest BCUT2D eigenvalue weighted by Crippen LogP contribution is 2.35. The van der Waals surface area contributed by atoms with Crippen LogP contribution in [0.3, 0.4) is 0 Å². The van der Waals surface area contributed by atoms with E-state index in [0.29, 0.717) is 17.2 Å². The molecule has 1 heterocycles. The number of hydrogen-bond donors (Lipinski definition) is 0. The summed E-state index contributed by atoms with van der Waals surface area (Å²) in [5, 5.41) is 0. The average Bonchev–Trinajstić information content (AvgIpc) is 3.01. The van der Waals surface area contributed by atoms with Gasteiger partial charge < -0.3 is 0 Å². The number of amidine groups is 1. The van der Waals surface area contributed by atoms with Gasteiger partial charge in [-0.25, -0.2) is 12.7 Å². The number of fused-ring (bicyclic) bond motifs is 1. The van der Waals surface area contributed by atoms with Gasteiger partial charge in [0, 0.05) is 6.42 Å². The molecule has 1 fully saturated rings. The third kappa shape index (κ3) is 3.16. The van der Waals surface area contributed by atoms with E-state index in [9.17, 15) is 8.42 Å². The Bertz CT molecular complexity index is 905. The Morgan fingerprint density at radius 2 is 1.69 bits per heavy atom. The summed E-state index contributed by atoms with van der Waals surface area (Å²) in [5.74, 6) is 0.689. The molecule has 4 nitrogen and oxygen atoms in total. The van der Waals surface area contributed by atoms with Crippen LogP contribution in [0.2, 0.25) is 0 Å². The minimum Gasteiger partial charge on any atom is -0.266 e. The summed E-state index contributed by atoms with van der Waals surface area (Å²) in [4.78, 5) is 5.22. The van der Waals surface area contributed by atoms with Gasteiger partial charge in [0.05, 0.1) is 17.0 Å². The fourth-order valence-electron chi connectivity index (χ4n) is 4.00. The summed E-state index contributed by atoms with van der Waals surface area (Å²) < 4.78 is 28.5. The molecule has 136 valence electrons. The standard InChI is InChI=1S/C21H24N2O2S/c1-16-11-13-18(14-12-16)26(24,25)23-20-10-6-5-9-19(20)22-21(23)15-17-7-3-2-4-8-17/h2-4,7-8,11-14,19-20H,5-6,9-10,15H2,1H3. The average molecular weight is 369 g/mol. The van der Waals surface area contributed by atoms with Crippen LogP contribution in [0.15, 0.2) is 64.5 Å². The Labute approximate surface area is 155 Å². The largest absolute Gasteiger partial charge is 0.266 e. The summed E-state index contributed by atoms with van der Waals surface area (Å²) in [5.41, 5.74) is 2.15. The van der Waals surface area contributed by atoms with Crippen molar-refractivity contribution in [3.05, 3.63) is 65.7 Å². The highest BCUT2D eigenvalue weighted by atomic mass is 32.2. The van der Waals surface area contributed by atoms with Gasteiger partial charge in [0.15, 0.2) is 0 Å². The van der Waals surface area contributed by atoms with E-state index in [4.69, 9.17) is 4.99 Å². The maximum atomic E-state index is 13.4. The number of sulfonamides is 1. The molecule has 2 atom stereocenters. The minimum absolute atomic E-state index is 0.0336. The first-order valence-corrected chi connectivity index (χ1v) is 10.7. The lowest BCUT2D eigenvalue weighted by Gasteiger charge is -2.32. The highest BCUT2D eigenvalue weighted by molar-refractivity contribution is 7.89. The zero-order valence-corrected chi connectivity index (χ0v) is 15.8. The quantitative estimate of drug-likeness (QED) is 0.820. The van der Waals surface area contributed by atoms with Gasteiger partial charge in [0.1, 0.15) is 5.84 Å². The number of rotatable bonds is 4. The molecule has 0 saturated heterocycles. The maximum Gasteiger partial charge on any atom is 0.265 e. The Morgan fingerprint density at radius 3 is 2.42 bits per heavy atom. The van der Waals surface area contributed by atoms with E-state index < -0.39 is 10.0 Å². The molecule has 1 aliphatic carbocycles. The first kappa shape index (κ1) is 17.3. The molecule has 0 N–H and O–H groups in total. The van der Waals surface area contributed by atoms with Gasteiger partial charge in [-0.2, -0.15) is 0 Å². The molecule has 2 aliphatic rings. The summed E-state index contributed by atoms with van der Waals surface area (Å²) in [7, 11) is -3.59. The van der Waals surface area contributed by atoms with Crippen LogP contribution in [-0.2, 0) is 16.4 Å². The Kier molecular flexibility index (Phi) is 4.57. The second-order valence-corrected chi connectivity index (χ2v) is 9.06. The van der Waals surface area contributed by atoms with Gasteiger partial charge in [-0.3, -0.25) is 4.99 Å². The minimum atomic E-state index is -3.59. The van der Waals surface area contributed by atoms with Crippen molar-refractivity contribution in [3.63, 3.8) is 0 Å². The molecule has 2 aromatic carbocycles. The van der Waals surface area contributed by atoms with Gasteiger partial charge in [0.2, 0.25) is 0 Å². The van der Waals surface area contributed by atoms with E-state index >= 15 is 0 Å². The van der Waals surface area contributed by atoms with Crippen LogP contribution in [0.25, 0.3) is 0 Å². The van der Waals surface area contributed by atoms with Crippen LogP contribution in [0, 0.1) is 6.92 Å². The molecule has 1 aliphatic heterocycles. The number of hydrogen-bond acceptors (Lipinski definition) is 3. The van der Waals surface area contributed by atoms with Gasteiger partial charge >= 0.3 is 0 Å².